The largest absolute Gasteiger partial charge is 0.372 e. The molecule has 0 fully saturated rings. The van der Waals surface area contributed by atoms with Gasteiger partial charge in [0.25, 0.3) is 0 Å². The number of nitrogens with zero attached hydrogens (tertiary/aromatic N) is 1. The smallest absolute Gasteiger partial charge is 0.130 e. The summed E-state index contributed by atoms with van der Waals surface area (Å²) in [5.41, 5.74) is 1.77. The summed E-state index contributed by atoms with van der Waals surface area (Å²) in [6.45, 7) is 9.37. The molecule has 0 saturated heterocycles. The van der Waals surface area contributed by atoms with Crippen LogP contribution in [0.2, 0.25) is 0 Å². The molecule has 0 saturated carbocycles. The zero-order chi connectivity index (χ0) is 14.4. The molecule has 19 heavy (non-hydrogen) atoms. The van der Waals surface area contributed by atoms with Crippen LogP contribution >= 0.6 is 0 Å². The van der Waals surface area contributed by atoms with Crippen molar-refractivity contribution in [2.45, 2.75) is 52.6 Å². The lowest BCUT2D eigenvalue weighted by Crippen LogP contribution is -2.31. The van der Waals surface area contributed by atoms with Gasteiger partial charge in [0.2, 0.25) is 0 Å². The molecule has 0 spiro atoms. The van der Waals surface area contributed by atoms with Crippen molar-refractivity contribution in [2.75, 3.05) is 18.5 Å². The number of halogens is 1. The van der Waals surface area contributed by atoms with Gasteiger partial charge in [-0.1, -0.05) is 19.9 Å². The predicted octanol–water partition coefficient (Wildman–Crippen LogP) is 4.12. The summed E-state index contributed by atoms with van der Waals surface area (Å²) in [5, 5.41) is 3.37. The van der Waals surface area contributed by atoms with Crippen molar-refractivity contribution in [2.24, 2.45) is 0 Å². The zero-order valence-corrected chi connectivity index (χ0v) is 12.8. The van der Waals surface area contributed by atoms with Crippen molar-refractivity contribution >= 4 is 5.69 Å². The van der Waals surface area contributed by atoms with Crippen LogP contribution in [0, 0.1) is 5.82 Å². The van der Waals surface area contributed by atoms with Crippen molar-refractivity contribution in [1.29, 1.82) is 0 Å². The third-order valence-corrected chi connectivity index (χ3v) is 3.80. The van der Waals surface area contributed by atoms with Gasteiger partial charge in [0.05, 0.1) is 0 Å². The van der Waals surface area contributed by atoms with E-state index in [1.807, 2.05) is 20.0 Å². The molecule has 1 aromatic rings. The molecule has 2 unspecified atom stereocenters. The van der Waals surface area contributed by atoms with Crippen LogP contribution in [0.5, 0.6) is 0 Å². The second kappa shape index (κ2) is 7.49. The van der Waals surface area contributed by atoms with Crippen LogP contribution in [-0.4, -0.2) is 19.6 Å². The first-order valence-electron chi connectivity index (χ1n) is 7.27. The second-order valence-corrected chi connectivity index (χ2v) is 5.22. The topological polar surface area (TPSA) is 15.3 Å². The van der Waals surface area contributed by atoms with Crippen molar-refractivity contribution in [3.8, 4) is 0 Å². The highest BCUT2D eigenvalue weighted by atomic mass is 19.1. The Labute approximate surface area is 117 Å². The summed E-state index contributed by atoms with van der Waals surface area (Å²) in [7, 11) is 2.04. The van der Waals surface area contributed by atoms with E-state index in [-0.39, 0.29) is 11.9 Å². The molecular formula is C16H27FN2. The Hall–Kier alpha value is -1.09. The van der Waals surface area contributed by atoms with Gasteiger partial charge in [-0.05, 0) is 45.4 Å². The third kappa shape index (κ3) is 3.93. The average Bonchev–Trinajstić information content (AvgIpc) is 2.42. The summed E-state index contributed by atoms with van der Waals surface area (Å²) < 4.78 is 14.2. The maximum absolute atomic E-state index is 14.2. The molecule has 0 amide bonds. The molecule has 0 heterocycles. The van der Waals surface area contributed by atoms with Gasteiger partial charge in [-0.15, -0.1) is 0 Å². The first-order valence-corrected chi connectivity index (χ1v) is 7.27. The van der Waals surface area contributed by atoms with E-state index in [1.165, 1.54) is 0 Å². The van der Waals surface area contributed by atoms with E-state index in [4.69, 9.17) is 0 Å². The number of benzene rings is 1. The summed E-state index contributed by atoms with van der Waals surface area (Å²) in [4.78, 5) is 2.17. The maximum atomic E-state index is 14.2. The fourth-order valence-electron chi connectivity index (χ4n) is 2.24. The Kier molecular flexibility index (Phi) is 6.29. The minimum absolute atomic E-state index is 0.0302. The quantitative estimate of drug-likeness (QED) is 0.798. The third-order valence-electron chi connectivity index (χ3n) is 3.80. The molecule has 3 heteroatoms. The monoisotopic (exact) mass is 266 g/mol. The summed E-state index contributed by atoms with van der Waals surface area (Å²) in [6, 6.07) is 5.78. The fraction of sp³-hybridized carbons (Fsp3) is 0.625. The lowest BCUT2D eigenvalue weighted by atomic mass is 10.0. The molecule has 0 aromatic heterocycles. The van der Waals surface area contributed by atoms with Crippen LogP contribution in [0.15, 0.2) is 18.2 Å². The lowest BCUT2D eigenvalue weighted by molar-refractivity contribution is 0.524. The van der Waals surface area contributed by atoms with Crippen LogP contribution in [-0.2, 0) is 0 Å². The first-order chi connectivity index (χ1) is 9.02. The number of hydrogen-bond donors (Lipinski definition) is 1. The summed E-state index contributed by atoms with van der Waals surface area (Å²) in [6.07, 6.45) is 2.10. The highest BCUT2D eigenvalue weighted by Gasteiger charge is 2.19. The van der Waals surface area contributed by atoms with Crippen LogP contribution < -0.4 is 10.2 Å². The van der Waals surface area contributed by atoms with E-state index < -0.39 is 0 Å². The summed E-state index contributed by atoms with van der Waals surface area (Å²) in [5.74, 6) is -0.122. The summed E-state index contributed by atoms with van der Waals surface area (Å²) >= 11 is 0. The van der Waals surface area contributed by atoms with E-state index in [2.05, 4.69) is 31.0 Å². The highest BCUT2D eigenvalue weighted by Crippen LogP contribution is 2.29. The molecular weight excluding hydrogens is 239 g/mol. The fourth-order valence-corrected chi connectivity index (χ4v) is 2.24. The van der Waals surface area contributed by atoms with E-state index in [1.54, 1.807) is 12.1 Å². The molecule has 0 aliphatic carbocycles. The van der Waals surface area contributed by atoms with Crippen LogP contribution in [0.1, 0.15) is 52.1 Å². The highest BCUT2D eigenvalue weighted by molar-refractivity contribution is 5.55. The van der Waals surface area contributed by atoms with E-state index >= 15 is 0 Å². The minimum Gasteiger partial charge on any atom is -0.372 e. The number of rotatable bonds is 7. The predicted molar refractivity (Wildman–Crippen MR) is 81.3 cm³/mol. The normalized spacial score (nSPS) is 14.2. The number of anilines is 1. The van der Waals surface area contributed by atoms with Gasteiger partial charge >= 0.3 is 0 Å². The van der Waals surface area contributed by atoms with Gasteiger partial charge in [-0.3, -0.25) is 0 Å². The lowest BCUT2D eigenvalue weighted by Gasteiger charge is -2.30. The Bertz CT molecular complexity index is 392. The van der Waals surface area contributed by atoms with Crippen LogP contribution in [0.3, 0.4) is 0 Å². The van der Waals surface area contributed by atoms with Gasteiger partial charge in [0.15, 0.2) is 0 Å². The standard InChI is InChI=1S/C16H27FN2/c1-6-11-18-13(4)16-14(17)9-8-10-15(16)19(5)12(3)7-2/h8-10,12-13,18H,6-7,11H2,1-5H3. The molecule has 1 aromatic carbocycles. The zero-order valence-electron chi connectivity index (χ0n) is 12.8. The van der Waals surface area contributed by atoms with Crippen LogP contribution in [0.4, 0.5) is 10.1 Å². The molecule has 2 nitrogen and oxygen atoms in total. The minimum atomic E-state index is -0.122. The molecule has 1 rings (SSSR count). The first kappa shape index (κ1) is 16.0. The van der Waals surface area contributed by atoms with Gasteiger partial charge in [-0.2, -0.15) is 0 Å². The molecule has 1 N–H and O–H groups in total. The molecule has 2 atom stereocenters. The molecule has 0 aliphatic heterocycles. The molecule has 108 valence electrons. The van der Waals surface area contributed by atoms with Crippen molar-refractivity contribution < 1.29 is 4.39 Å². The number of nitrogens with one attached hydrogen (secondary N) is 1. The maximum Gasteiger partial charge on any atom is 0.130 e. The van der Waals surface area contributed by atoms with Crippen LogP contribution in [0.25, 0.3) is 0 Å². The molecule has 0 aliphatic rings. The Morgan fingerprint density at radius 2 is 1.95 bits per heavy atom. The van der Waals surface area contributed by atoms with Gasteiger partial charge in [-0.25, -0.2) is 4.39 Å². The number of hydrogen-bond acceptors (Lipinski definition) is 2. The molecule has 0 bridgehead atoms. The van der Waals surface area contributed by atoms with Gasteiger partial charge in [0, 0.05) is 30.4 Å². The SMILES string of the molecule is CCCNC(C)c1c(F)cccc1N(C)C(C)CC. The Morgan fingerprint density at radius 3 is 2.53 bits per heavy atom. The molecule has 0 radical (unpaired) electrons. The average molecular weight is 266 g/mol. The van der Waals surface area contributed by atoms with Crippen molar-refractivity contribution in [3.05, 3.63) is 29.6 Å². The van der Waals surface area contributed by atoms with Crippen molar-refractivity contribution in [3.63, 3.8) is 0 Å². The Balaban J connectivity index is 3.07. The van der Waals surface area contributed by atoms with E-state index in [0.717, 1.165) is 30.6 Å². The van der Waals surface area contributed by atoms with Gasteiger partial charge in [0.1, 0.15) is 5.82 Å². The second-order valence-electron chi connectivity index (χ2n) is 5.22. The Morgan fingerprint density at radius 1 is 1.26 bits per heavy atom. The van der Waals surface area contributed by atoms with E-state index in [9.17, 15) is 4.39 Å². The van der Waals surface area contributed by atoms with E-state index in [0.29, 0.717) is 6.04 Å². The van der Waals surface area contributed by atoms with Gasteiger partial charge < -0.3 is 10.2 Å². The van der Waals surface area contributed by atoms with Crippen molar-refractivity contribution in [1.82, 2.24) is 5.32 Å².